The van der Waals surface area contributed by atoms with Crippen molar-refractivity contribution in [3.8, 4) is 0 Å². The van der Waals surface area contributed by atoms with E-state index < -0.39 is 26.4 Å². The van der Waals surface area contributed by atoms with Gasteiger partial charge in [0.1, 0.15) is 11.2 Å². The highest BCUT2D eigenvalue weighted by molar-refractivity contribution is 7.99. The molecule has 2 aromatic carbocycles. The number of thioether (sulfide) groups is 1. The van der Waals surface area contributed by atoms with Crippen LogP contribution in [0.5, 0.6) is 0 Å². The van der Waals surface area contributed by atoms with Crippen LogP contribution in [0.2, 0.25) is 0 Å². The second kappa shape index (κ2) is 14.3. The van der Waals surface area contributed by atoms with Gasteiger partial charge in [0, 0.05) is 48.9 Å². The summed E-state index contributed by atoms with van der Waals surface area (Å²) in [5, 5.41) is 18.6. The summed E-state index contributed by atoms with van der Waals surface area (Å²) in [7, 11) is -0.474. The highest BCUT2D eigenvalue weighted by Crippen LogP contribution is 2.31. The number of nitro benzene ring substituents is 1. The molecule has 1 unspecified atom stereocenters. The van der Waals surface area contributed by atoms with Crippen LogP contribution >= 0.6 is 11.8 Å². The largest absolute Gasteiger partial charge is 0.376 e. The van der Waals surface area contributed by atoms with Crippen LogP contribution in [0, 0.1) is 10.1 Å². The Bertz CT molecular complexity index is 1410. The smallest absolute Gasteiger partial charge is 0.293 e. The molecule has 42 heavy (non-hydrogen) atoms. The van der Waals surface area contributed by atoms with Gasteiger partial charge in [0.25, 0.3) is 21.6 Å². The van der Waals surface area contributed by atoms with Crippen molar-refractivity contribution in [3.05, 3.63) is 82.9 Å². The van der Waals surface area contributed by atoms with Gasteiger partial charge in [0.2, 0.25) is 0 Å². The molecular formula is C29H38N6O5S2. The summed E-state index contributed by atoms with van der Waals surface area (Å²) < 4.78 is 29.0. The van der Waals surface area contributed by atoms with Gasteiger partial charge < -0.3 is 15.5 Å². The van der Waals surface area contributed by atoms with E-state index in [4.69, 9.17) is 0 Å². The van der Waals surface area contributed by atoms with Crippen LogP contribution in [0.1, 0.15) is 12.8 Å². The Morgan fingerprint density at radius 1 is 1.17 bits per heavy atom. The molecule has 0 aromatic heterocycles. The Kier molecular flexibility index (Phi) is 10.8. The van der Waals surface area contributed by atoms with Crippen LogP contribution in [0.4, 0.5) is 11.4 Å². The van der Waals surface area contributed by atoms with E-state index in [1.165, 1.54) is 12.1 Å². The van der Waals surface area contributed by atoms with Gasteiger partial charge in [-0.3, -0.25) is 19.8 Å². The van der Waals surface area contributed by atoms with Crippen molar-refractivity contribution in [3.63, 3.8) is 0 Å². The van der Waals surface area contributed by atoms with Crippen molar-refractivity contribution < 1.29 is 18.1 Å². The van der Waals surface area contributed by atoms with E-state index >= 15 is 0 Å². The fraction of sp³-hybridized carbons (Fsp3) is 0.414. The Labute approximate surface area is 251 Å². The van der Waals surface area contributed by atoms with Gasteiger partial charge in [-0.15, -0.1) is 11.8 Å². The molecule has 0 spiro atoms. The Hall–Kier alpha value is -3.23. The number of nitro groups is 1. The second-order valence-corrected chi connectivity index (χ2v) is 13.4. The molecule has 1 heterocycles. The zero-order valence-electron chi connectivity index (χ0n) is 23.9. The molecule has 0 bridgehead atoms. The number of carbonyl (C=O) groups is 1. The molecule has 4 rings (SSSR count). The van der Waals surface area contributed by atoms with E-state index in [0.29, 0.717) is 38.4 Å². The highest BCUT2D eigenvalue weighted by atomic mass is 32.2. The van der Waals surface area contributed by atoms with Gasteiger partial charge in [-0.05, 0) is 57.7 Å². The molecule has 1 aliphatic heterocycles. The van der Waals surface area contributed by atoms with Crippen molar-refractivity contribution >= 4 is 39.1 Å². The molecule has 1 aliphatic carbocycles. The predicted molar refractivity (Wildman–Crippen MR) is 166 cm³/mol. The van der Waals surface area contributed by atoms with Gasteiger partial charge in [0.05, 0.1) is 9.82 Å². The molecule has 11 nitrogen and oxygen atoms in total. The van der Waals surface area contributed by atoms with Crippen molar-refractivity contribution in [1.82, 2.24) is 19.8 Å². The third-order valence-electron chi connectivity index (χ3n) is 7.30. The van der Waals surface area contributed by atoms with Crippen LogP contribution in [-0.2, 0) is 14.8 Å². The number of nitrogens with one attached hydrogen (secondary N) is 3. The number of allylic oxidation sites excluding steroid dienone is 2. The number of nitrogens with zero attached hydrogens (tertiary/aromatic N) is 3. The molecule has 13 heteroatoms. The number of anilines is 1. The summed E-state index contributed by atoms with van der Waals surface area (Å²) in [4.78, 5) is 29.8. The number of benzene rings is 2. The maximum atomic E-state index is 13.6. The number of carbonyl (C=O) groups excluding carboxylic acids is 1. The van der Waals surface area contributed by atoms with Gasteiger partial charge in [0.15, 0.2) is 0 Å². The Balaban J connectivity index is 1.55. The topological polar surface area (TPSA) is 137 Å². The molecule has 0 saturated carbocycles. The summed E-state index contributed by atoms with van der Waals surface area (Å²) in [6.07, 6.45) is 8.16. The molecule has 2 aliphatic rings. The molecular weight excluding hydrogens is 576 g/mol. The summed E-state index contributed by atoms with van der Waals surface area (Å²) in [5.41, 5.74) is -1.31. The van der Waals surface area contributed by atoms with E-state index in [9.17, 15) is 23.3 Å². The summed E-state index contributed by atoms with van der Waals surface area (Å²) in [6.45, 7) is 3.28. The number of piperazine rings is 1. The average Bonchev–Trinajstić information content (AvgIpc) is 2.99. The monoisotopic (exact) mass is 614 g/mol. The average molecular weight is 615 g/mol. The number of rotatable bonds is 13. The standard InChI is InChI=1S/C29H38N6O5S2/c1-33(2)18-13-23(22-41-24-9-5-3-6-10-24)31-26-12-11-25(21-27(26)35(37)38)42(39,40)32-28(36)29(14-7-4-8-15-29)34-19-16-30-17-20-34/h3-12,14,21,23,30-31H,13,15-20,22H2,1-2H3,(H,32,36)/t23-,29?/m1/s1. The molecule has 1 saturated heterocycles. The number of sulfonamides is 1. The fourth-order valence-electron chi connectivity index (χ4n) is 4.99. The zero-order chi connectivity index (χ0) is 30.2. The lowest BCUT2D eigenvalue weighted by atomic mass is 9.88. The van der Waals surface area contributed by atoms with Gasteiger partial charge in [-0.25, -0.2) is 13.1 Å². The normalized spacial score (nSPS) is 19.9. The number of amides is 1. The summed E-state index contributed by atoms with van der Waals surface area (Å²) in [6, 6.07) is 13.5. The maximum Gasteiger partial charge on any atom is 0.293 e. The molecule has 0 radical (unpaired) electrons. The molecule has 2 atom stereocenters. The Morgan fingerprint density at radius 3 is 2.55 bits per heavy atom. The van der Waals surface area contributed by atoms with Crippen LogP contribution < -0.4 is 15.4 Å². The van der Waals surface area contributed by atoms with Gasteiger partial charge in [-0.1, -0.05) is 42.5 Å². The quantitative estimate of drug-likeness (QED) is 0.175. The lowest BCUT2D eigenvalue weighted by molar-refractivity contribution is -0.384. The van der Waals surface area contributed by atoms with E-state index in [-0.39, 0.29) is 22.3 Å². The first-order valence-electron chi connectivity index (χ1n) is 13.9. The van der Waals surface area contributed by atoms with Crippen molar-refractivity contribution in [2.45, 2.75) is 34.2 Å². The van der Waals surface area contributed by atoms with Crippen LogP contribution in [0.3, 0.4) is 0 Å². The maximum absolute atomic E-state index is 13.6. The van der Waals surface area contributed by atoms with E-state index in [1.54, 1.807) is 23.9 Å². The van der Waals surface area contributed by atoms with E-state index in [1.807, 2.05) is 66.4 Å². The van der Waals surface area contributed by atoms with Crippen LogP contribution in [0.25, 0.3) is 0 Å². The molecule has 2 aromatic rings. The lowest BCUT2D eigenvalue weighted by Gasteiger charge is -2.43. The highest BCUT2D eigenvalue weighted by Gasteiger charge is 2.43. The van der Waals surface area contributed by atoms with Crippen LogP contribution in [-0.4, -0.2) is 93.2 Å². The van der Waals surface area contributed by atoms with E-state index in [0.717, 1.165) is 23.9 Å². The summed E-state index contributed by atoms with van der Waals surface area (Å²) >= 11 is 1.64. The zero-order valence-corrected chi connectivity index (χ0v) is 25.5. The molecule has 226 valence electrons. The van der Waals surface area contributed by atoms with Gasteiger partial charge in [-0.2, -0.15) is 0 Å². The summed E-state index contributed by atoms with van der Waals surface area (Å²) in [5.74, 6) is -0.0298. The minimum Gasteiger partial charge on any atom is -0.376 e. The first kappa shape index (κ1) is 31.7. The van der Waals surface area contributed by atoms with Crippen molar-refractivity contribution in [2.75, 3.05) is 57.9 Å². The lowest BCUT2D eigenvalue weighted by Crippen LogP contribution is -2.62. The predicted octanol–water partition coefficient (Wildman–Crippen LogP) is 3.08. The molecule has 3 N–H and O–H groups in total. The third kappa shape index (κ3) is 7.98. The van der Waals surface area contributed by atoms with Crippen LogP contribution in [0.15, 0.2) is 82.6 Å². The second-order valence-electron chi connectivity index (χ2n) is 10.6. The SMILES string of the molecule is CN(C)CC[C@H](CSc1ccccc1)Nc1ccc(S(=O)(=O)NC(=O)C2(N3CCNCC3)C=CC=CC2)cc1[N+](=O)[O-]. The molecule has 1 amide bonds. The van der Waals surface area contributed by atoms with Gasteiger partial charge >= 0.3 is 0 Å². The third-order valence-corrected chi connectivity index (χ3v) is 9.81. The number of hydrogen-bond acceptors (Lipinski definition) is 10. The van der Waals surface area contributed by atoms with Crippen molar-refractivity contribution in [1.29, 1.82) is 0 Å². The minimum absolute atomic E-state index is 0.122. The minimum atomic E-state index is -4.40. The fourth-order valence-corrected chi connectivity index (χ4v) is 7.03. The van der Waals surface area contributed by atoms with E-state index in [2.05, 4.69) is 15.4 Å². The first-order valence-corrected chi connectivity index (χ1v) is 16.3. The Morgan fingerprint density at radius 2 is 1.90 bits per heavy atom. The first-order chi connectivity index (χ1) is 20.1. The molecule has 1 fully saturated rings. The van der Waals surface area contributed by atoms with Crippen molar-refractivity contribution in [2.24, 2.45) is 0 Å². The number of hydrogen-bond donors (Lipinski definition) is 3.